The number of rotatable bonds is 7. The summed E-state index contributed by atoms with van der Waals surface area (Å²) < 4.78 is 5.02. The minimum Gasteiger partial charge on any atom is -0.466 e. The van der Waals surface area contributed by atoms with Gasteiger partial charge in [0.15, 0.2) is 5.78 Å². The van der Waals surface area contributed by atoms with Gasteiger partial charge in [-0.3, -0.25) is 9.59 Å². The molecular weight excluding hydrogens is 240 g/mol. The summed E-state index contributed by atoms with van der Waals surface area (Å²) in [6.45, 7) is 6.48. The molecule has 3 nitrogen and oxygen atoms in total. The van der Waals surface area contributed by atoms with Gasteiger partial charge in [0.1, 0.15) is 0 Å². The first-order chi connectivity index (χ1) is 9.04. The molecule has 1 aromatic carbocycles. The van der Waals surface area contributed by atoms with Gasteiger partial charge in [-0.05, 0) is 37.5 Å². The molecule has 0 radical (unpaired) electrons. The number of carbonyl (C=O) groups excluding carboxylic acids is 2. The van der Waals surface area contributed by atoms with Crippen molar-refractivity contribution in [3.8, 4) is 0 Å². The van der Waals surface area contributed by atoms with Crippen LogP contribution in [-0.4, -0.2) is 18.4 Å². The van der Waals surface area contributed by atoms with Gasteiger partial charge in [0.2, 0.25) is 0 Å². The van der Waals surface area contributed by atoms with E-state index >= 15 is 0 Å². The fourth-order valence-electron chi connectivity index (χ4n) is 1.68. The Bertz CT molecular complexity index is 449. The second-order valence-corrected chi connectivity index (χ2v) is 4.80. The summed E-state index contributed by atoms with van der Waals surface area (Å²) in [6, 6.07) is 5.62. The quantitative estimate of drug-likeness (QED) is 0.428. The van der Waals surface area contributed by atoms with E-state index in [9.17, 15) is 9.59 Å². The maximum atomic E-state index is 11.9. The normalized spacial score (nSPS) is 10.3. The van der Waals surface area contributed by atoms with E-state index < -0.39 is 0 Å². The lowest BCUT2D eigenvalue weighted by Gasteiger charge is -2.05. The number of esters is 1. The van der Waals surface area contributed by atoms with Gasteiger partial charge < -0.3 is 4.74 Å². The number of Topliss-reactive ketones (excluding diaryl/α,β-unsaturated/α-hetero) is 1. The molecule has 0 saturated carbocycles. The van der Waals surface area contributed by atoms with Gasteiger partial charge in [-0.1, -0.05) is 25.5 Å². The molecule has 0 bridgehead atoms. The molecule has 0 N–H and O–H groups in total. The van der Waals surface area contributed by atoms with Crippen LogP contribution in [0.3, 0.4) is 0 Å². The van der Waals surface area contributed by atoms with Crippen LogP contribution in [-0.2, 0) is 9.53 Å². The van der Waals surface area contributed by atoms with E-state index in [1.54, 1.807) is 0 Å². The molecule has 1 rings (SSSR count). The van der Waals surface area contributed by atoms with Crippen molar-refractivity contribution in [2.75, 3.05) is 6.61 Å². The first-order valence-electron chi connectivity index (χ1n) is 6.80. The summed E-state index contributed by atoms with van der Waals surface area (Å²) >= 11 is 0. The maximum Gasteiger partial charge on any atom is 0.306 e. The van der Waals surface area contributed by atoms with Gasteiger partial charge >= 0.3 is 5.97 Å². The van der Waals surface area contributed by atoms with E-state index in [1.165, 1.54) is 0 Å². The van der Waals surface area contributed by atoms with Crippen LogP contribution in [0, 0.1) is 13.8 Å². The van der Waals surface area contributed by atoms with Crippen molar-refractivity contribution < 1.29 is 14.3 Å². The lowest BCUT2D eigenvalue weighted by Crippen LogP contribution is -2.09. The van der Waals surface area contributed by atoms with E-state index in [2.05, 4.69) is 0 Å². The average molecular weight is 262 g/mol. The molecule has 0 amide bonds. The van der Waals surface area contributed by atoms with E-state index in [0.29, 0.717) is 12.2 Å². The topological polar surface area (TPSA) is 43.4 Å². The second-order valence-electron chi connectivity index (χ2n) is 4.80. The highest BCUT2D eigenvalue weighted by atomic mass is 16.5. The molecule has 0 atom stereocenters. The minimum absolute atomic E-state index is 0.00413. The van der Waals surface area contributed by atoms with Crippen LogP contribution >= 0.6 is 0 Å². The molecule has 1 aromatic rings. The van der Waals surface area contributed by atoms with Gasteiger partial charge in [0.25, 0.3) is 0 Å². The van der Waals surface area contributed by atoms with E-state index in [4.69, 9.17) is 4.74 Å². The molecular formula is C16H22O3. The molecule has 0 aromatic heterocycles. The first-order valence-corrected chi connectivity index (χ1v) is 6.80. The third-order valence-corrected chi connectivity index (χ3v) is 3.15. The largest absolute Gasteiger partial charge is 0.466 e. The fraction of sp³-hybridized carbons (Fsp3) is 0.500. The van der Waals surface area contributed by atoms with Gasteiger partial charge in [-0.25, -0.2) is 0 Å². The number of aryl methyl sites for hydroxylation is 2. The zero-order valence-corrected chi connectivity index (χ0v) is 12.0. The summed E-state index contributed by atoms with van der Waals surface area (Å²) in [4.78, 5) is 23.3. The van der Waals surface area contributed by atoms with Gasteiger partial charge in [0, 0.05) is 12.0 Å². The number of hydrogen-bond donors (Lipinski definition) is 0. The molecule has 19 heavy (non-hydrogen) atoms. The fourth-order valence-corrected chi connectivity index (χ4v) is 1.68. The SMILES string of the molecule is CCCCOC(=O)CCC(=O)c1ccc(C)c(C)c1. The lowest BCUT2D eigenvalue weighted by atomic mass is 10.0. The number of ether oxygens (including phenoxy) is 1. The summed E-state index contributed by atoms with van der Waals surface area (Å²) in [6.07, 6.45) is 2.24. The standard InChI is InChI=1S/C16H22O3/c1-4-5-10-19-16(18)9-8-15(17)14-7-6-12(2)13(3)11-14/h6-7,11H,4-5,8-10H2,1-3H3. The number of unbranched alkanes of at least 4 members (excludes halogenated alkanes) is 1. The third-order valence-electron chi connectivity index (χ3n) is 3.15. The van der Waals surface area contributed by atoms with Crippen LogP contribution < -0.4 is 0 Å². The highest BCUT2D eigenvalue weighted by Crippen LogP contribution is 2.12. The van der Waals surface area contributed by atoms with Crippen molar-refractivity contribution in [1.29, 1.82) is 0 Å². The van der Waals surface area contributed by atoms with Crippen LogP contribution in [0.1, 0.15) is 54.1 Å². The Kier molecular flexibility index (Phi) is 6.26. The smallest absolute Gasteiger partial charge is 0.306 e. The summed E-state index contributed by atoms with van der Waals surface area (Å²) in [7, 11) is 0. The van der Waals surface area contributed by atoms with Gasteiger partial charge in [-0.15, -0.1) is 0 Å². The van der Waals surface area contributed by atoms with Crippen LogP contribution in [0.15, 0.2) is 18.2 Å². The molecule has 0 fully saturated rings. The average Bonchev–Trinajstić information content (AvgIpc) is 2.39. The van der Waals surface area contributed by atoms with Crippen LogP contribution in [0.2, 0.25) is 0 Å². The lowest BCUT2D eigenvalue weighted by molar-refractivity contribution is -0.143. The van der Waals surface area contributed by atoms with Crippen LogP contribution in [0.5, 0.6) is 0 Å². The molecule has 3 heteroatoms. The van der Waals surface area contributed by atoms with Crippen LogP contribution in [0.25, 0.3) is 0 Å². The summed E-state index contributed by atoms with van der Waals surface area (Å²) in [5.74, 6) is -0.291. The Morgan fingerprint density at radius 2 is 1.84 bits per heavy atom. The van der Waals surface area contributed by atoms with Crippen molar-refractivity contribution in [1.82, 2.24) is 0 Å². The van der Waals surface area contributed by atoms with E-state index in [0.717, 1.165) is 24.0 Å². The predicted molar refractivity (Wildman–Crippen MR) is 75.3 cm³/mol. The Morgan fingerprint density at radius 1 is 1.11 bits per heavy atom. The molecule has 104 valence electrons. The molecule has 0 aliphatic carbocycles. The number of hydrogen-bond acceptors (Lipinski definition) is 3. The molecule has 0 aliphatic heterocycles. The highest BCUT2D eigenvalue weighted by Gasteiger charge is 2.10. The van der Waals surface area contributed by atoms with Gasteiger partial charge in [0.05, 0.1) is 13.0 Å². The van der Waals surface area contributed by atoms with Crippen molar-refractivity contribution in [2.24, 2.45) is 0 Å². The summed E-state index contributed by atoms with van der Waals surface area (Å²) in [5.41, 5.74) is 2.93. The number of benzene rings is 1. The van der Waals surface area contributed by atoms with E-state index in [-0.39, 0.29) is 24.6 Å². The zero-order chi connectivity index (χ0) is 14.3. The minimum atomic E-state index is -0.286. The molecule has 0 unspecified atom stereocenters. The van der Waals surface area contributed by atoms with Crippen molar-refractivity contribution in [3.05, 3.63) is 34.9 Å². The van der Waals surface area contributed by atoms with Crippen molar-refractivity contribution in [2.45, 2.75) is 46.5 Å². The van der Waals surface area contributed by atoms with E-state index in [1.807, 2.05) is 39.0 Å². The Morgan fingerprint density at radius 3 is 2.47 bits per heavy atom. The third kappa shape index (κ3) is 5.25. The molecule has 0 heterocycles. The molecule has 0 spiro atoms. The van der Waals surface area contributed by atoms with Crippen molar-refractivity contribution in [3.63, 3.8) is 0 Å². The monoisotopic (exact) mass is 262 g/mol. The Balaban J connectivity index is 2.42. The molecule has 0 saturated heterocycles. The van der Waals surface area contributed by atoms with Gasteiger partial charge in [-0.2, -0.15) is 0 Å². The molecule has 0 aliphatic rings. The Labute approximate surface area is 115 Å². The highest BCUT2D eigenvalue weighted by molar-refractivity contribution is 5.97. The number of ketones is 1. The second kappa shape index (κ2) is 7.72. The maximum absolute atomic E-state index is 11.9. The van der Waals surface area contributed by atoms with Crippen molar-refractivity contribution >= 4 is 11.8 Å². The summed E-state index contributed by atoms with van der Waals surface area (Å²) in [5, 5.41) is 0. The number of carbonyl (C=O) groups is 2. The predicted octanol–water partition coefficient (Wildman–Crippen LogP) is 3.61. The van der Waals surface area contributed by atoms with Crippen LogP contribution in [0.4, 0.5) is 0 Å². The zero-order valence-electron chi connectivity index (χ0n) is 12.0. The first kappa shape index (κ1) is 15.4. The Hall–Kier alpha value is -1.64.